The van der Waals surface area contributed by atoms with Crippen molar-refractivity contribution in [2.45, 2.75) is 25.2 Å². The molecule has 6 rings (SSSR count). The minimum atomic E-state index is -4.64. The van der Waals surface area contributed by atoms with Crippen LogP contribution in [0.2, 0.25) is 5.02 Å². The van der Waals surface area contributed by atoms with Crippen molar-refractivity contribution in [3.05, 3.63) is 108 Å². The van der Waals surface area contributed by atoms with E-state index in [2.05, 4.69) is 35.7 Å². The molecule has 0 fully saturated rings. The van der Waals surface area contributed by atoms with Crippen molar-refractivity contribution < 1.29 is 31.0 Å². The summed E-state index contributed by atoms with van der Waals surface area (Å²) >= 11 is 6.08. The zero-order valence-electron chi connectivity index (χ0n) is 22.0. The first-order chi connectivity index (χ1) is 21.1. The predicted molar refractivity (Wildman–Crippen MR) is 142 cm³/mol. The van der Waals surface area contributed by atoms with E-state index in [1.807, 2.05) is 0 Å². The smallest absolute Gasteiger partial charge is 0.263 e. The van der Waals surface area contributed by atoms with Crippen LogP contribution >= 0.6 is 11.6 Å². The number of aromatic amines is 1. The molecule has 10 nitrogen and oxygen atoms in total. The Morgan fingerprint density at radius 1 is 0.909 bits per heavy atom. The van der Waals surface area contributed by atoms with Gasteiger partial charge in [-0.1, -0.05) is 22.9 Å². The van der Waals surface area contributed by atoms with Crippen molar-refractivity contribution >= 4 is 11.6 Å². The Morgan fingerprint density at radius 3 is 2.41 bits per heavy atom. The number of rotatable bonds is 8. The molecule has 5 aromatic heterocycles. The summed E-state index contributed by atoms with van der Waals surface area (Å²) in [6, 6.07) is 7.77. The zero-order chi connectivity index (χ0) is 31.0. The van der Waals surface area contributed by atoms with Gasteiger partial charge in [-0.25, -0.2) is 9.07 Å². The van der Waals surface area contributed by atoms with E-state index in [-0.39, 0.29) is 22.6 Å². The highest BCUT2D eigenvalue weighted by Gasteiger charge is 2.32. The van der Waals surface area contributed by atoms with Gasteiger partial charge in [0.1, 0.15) is 16.5 Å². The third-order valence-electron chi connectivity index (χ3n) is 6.71. The van der Waals surface area contributed by atoms with Gasteiger partial charge in [0.25, 0.3) is 6.33 Å². The van der Waals surface area contributed by atoms with Gasteiger partial charge in [0, 0.05) is 42.3 Å². The average Bonchev–Trinajstić information content (AvgIpc) is 3.80. The molecule has 1 N–H and O–H groups in total. The number of alkyl halides is 5. The van der Waals surface area contributed by atoms with Crippen molar-refractivity contribution in [3.63, 3.8) is 0 Å². The van der Waals surface area contributed by atoms with Crippen LogP contribution in [0.4, 0.5) is 26.3 Å². The lowest BCUT2D eigenvalue weighted by Crippen LogP contribution is -2.33. The fourth-order valence-electron chi connectivity index (χ4n) is 4.63. The maximum Gasteiger partial charge on any atom is 0.433 e. The molecule has 1 atom stereocenters. The van der Waals surface area contributed by atoms with Crippen molar-refractivity contribution in [2.24, 2.45) is 0 Å². The van der Waals surface area contributed by atoms with Gasteiger partial charge < -0.3 is 0 Å². The zero-order valence-corrected chi connectivity index (χ0v) is 22.8. The molecule has 0 saturated heterocycles. The van der Waals surface area contributed by atoms with Crippen LogP contribution < -0.4 is 4.68 Å². The van der Waals surface area contributed by atoms with E-state index >= 15 is 4.39 Å². The van der Waals surface area contributed by atoms with Gasteiger partial charge in [-0.05, 0) is 41.5 Å². The second kappa shape index (κ2) is 11.5. The Bertz CT molecular complexity index is 1900. The quantitative estimate of drug-likeness (QED) is 0.172. The molecule has 0 spiro atoms. The molecular weight excluding hydrogens is 614 g/mol. The Balaban J connectivity index is 1.39. The van der Waals surface area contributed by atoms with Crippen LogP contribution in [0.15, 0.2) is 79.9 Å². The molecule has 224 valence electrons. The second-order valence-corrected chi connectivity index (χ2v) is 9.90. The van der Waals surface area contributed by atoms with Gasteiger partial charge in [-0.2, -0.15) is 32.1 Å². The molecule has 0 bridgehead atoms. The van der Waals surface area contributed by atoms with E-state index < -0.39 is 30.3 Å². The van der Waals surface area contributed by atoms with Crippen LogP contribution in [0.3, 0.4) is 0 Å². The van der Waals surface area contributed by atoms with Gasteiger partial charge >= 0.3 is 12.7 Å². The lowest BCUT2D eigenvalue weighted by atomic mass is 10.0. The first-order valence-corrected chi connectivity index (χ1v) is 13.1. The monoisotopic (exact) mass is 631 g/mol. The molecule has 0 aliphatic heterocycles. The maximum atomic E-state index is 15.3. The Kier molecular flexibility index (Phi) is 7.59. The summed E-state index contributed by atoms with van der Waals surface area (Å²) in [5, 5.41) is 17.9. The van der Waals surface area contributed by atoms with E-state index in [1.54, 1.807) is 18.2 Å². The summed E-state index contributed by atoms with van der Waals surface area (Å²) in [5.74, 6) is -0.705. The lowest BCUT2D eigenvalue weighted by molar-refractivity contribution is -0.659. The summed E-state index contributed by atoms with van der Waals surface area (Å²) in [4.78, 5) is 7.92. The molecular formula is C27H18ClF6N10+. The van der Waals surface area contributed by atoms with Crippen LogP contribution in [-0.4, -0.2) is 45.1 Å². The molecule has 44 heavy (non-hydrogen) atoms. The van der Waals surface area contributed by atoms with Crippen LogP contribution in [0, 0.1) is 5.82 Å². The largest absolute Gasteiger partial charge is 0.433 e. The van der Waals surface area contributed by atoms with Gasteiger partial charge in [0.15, 0.2) is 11.0 Å². The summed E-state index contributed by atoms with van der Waals surface area (Å²) in [6.45, 7) is -2.85. The van der Waals surface area contributed by atoms with E-state index in [9.17, 15) is 22.0 Å². The molecule has 0 unspecified atom stereocenters. The molecule has 0 aliphatic carbocycles. The standard InChI is InChI=1S/C27H17ClF6N10/c28-19-2-4-21(44-14-37-40-41-44)24(25(19)29)17-1-3-20(36-10-17)22(7-15-9-38-43(12-15)26(30)31)42-13-18(11-39-42)16-5-6-35-23(8-16)27(32,33)34/h1-6,8-14,22,26H,7H2/p+1/t22-/m1/s1. The van der Waals surface area contributed by atoms with Crippen LogP contribution in [0.5, 0.6) is 0 Å². The van der Waals surface area contributed by atoms with Gasteiger partial charge in [0.2, 0.25) is 0 Å². The number of H-pyrrole nitrogens is 1. The summed E-state index contributed by atoms with van der Waals surface area (Å²) in [6.07, 6.45) is 4.61. The molecule has 6 aromatic rings. The number of halogens is 7. The number of nitrogens with zero attached hydrogens (tertiary/aromatic N) is 9. The van der Waals surface area contributed by atoms with Crippen LogP contribution in [0.25, 0.3) is 27.9 Å². The van der Waals surface area contributed by atoms with E-state index in [0.29, 0.717) is 32.8 Å². The van der Waals surface area contributed by atoms with Gasteiger partial charge in [-0.15, -0.1) is 4.68 Å². The summed E-state index contributed by atoms with van der Waals surface area (Å²) in [7, 11) is 0. The lowest BCUT2D eigenvalue weighted by Gasteiger charge is -2.17. The normalized spacial score (nSPS) is 12.6. The summed E-state index contributed by atoms with van der Waals surface area (Å²) in [5.41, 5.74) is 1.17. The Morgan fingerprint density at radius 2 is 1.73 bits per heavy atom. The molecule has 5 heterocycles. The van der Waals surface area contributed by atoms with E-state index in [4.69, 9.17) is 11.6 Å². The number of nitrogens with one attached hydrogen (secondary N) is 1. The minimum Gasteiger partial charge on any atom is -0.263 e. The fourth-order valence-corrected chi connectivity index (χ4v) is 4.79. The highest BCUT2D eigenvalue weighted by molar-refractivity contribution is 6.31. The van der Waals surface area contributed by atoms with Crippen molar-refractivity contribution in [1.82, 2.24) is 45.1 Å². The topological polar surface area (TPSA) is 107 Å². The number of pyridine rings is 2. The number of hydrogen-bond acceptors (Lipinski definition) is 6. The van der Waals surface area contributed by atoms with Crippen LogP contribution in [0.1, 0.15) is 29.5 Å². The fraction of sp³-hybridized carbons (Fsp3) is 0.148. The van der Waals surface area contributed by atoms with E-state index in [0.717, 1.165) is 12.3 Å². The van der Waals surface area contributed by atoms with Gasteiger partial charge in [-0.3, -0.25) is 14.6 Å². The highest BCUT2D eigenvalue weighted by atomic mass is 35.5. The highest BCUT2D eigenvalue weighted by Crippen LogP contribution is 2.34. The SMILES string of the molecule is Fc1c(Cl)ccc(-[n+]2cnn[nH]2)c1-c1ccc([C@@H](Cc2cnn(C(F)F)c2)n2cc(-c3ccnc(C(F)(F)F)c3)cn2)nc1. The number of aromatic nitrogens is 10. The third-order valence-corrected chi connectivity index (χ3v) is 7.01. The first kappa shape index (κ1) is 29.0. The molecule has 0 radical (unpaired) electrons. The summed E-state index contributed by atoms with van der Waals surface area (Å²) < 4.78 is 84.8. The van der Waals surface area contributed by atoms with Crippen molar-refractivity contribution in [2.75, 3.05) is 0 Å². The second-order valence-electron chi connectivity index (χ2n) is 9.49. The molecule has 1 aromatic carbocycles. The predicted octanol–water partition coefficient (Wildman–Crippen LogP) is 5.64. The Labute approximate surface area is 248 Å². The molecule has 0 aliphatic rings. The maximum absolute atomic E-state index is 15.3. The first-order valence-electron chi connectivity index (χ1n) is 12.7. The van der Waals surface area contributed by atoms with Crippen LogP contribution in [-0.2, 0) is 12.6 Å². The molecule has 0 saturated carbocycles. The average molecular weight is 632 g/mol. The van der Waals surface area contributed by atoms with Crippen molar-refractivity contribution in [3.8, 4) is 27.9 Å². The van der Waals surface area contributed by atoms with E-state index in [1.165, 1.54) is 58.8 Å². The number of benzene rings is 1. The third kappa shape index (κ3) is 5.75. The molecule has 17 heteroatoms. The number of tetrazole rings is 1. The minimum absolute atomic E-state index is 0.0940. The van der Waals surface area contributed by atoms with Crippen molar-refractivity contribution in [1.29, 1.82) is 0 Å². The molecule has 0 amide bonds. The number of hydrogen-bond donors (Lipinski definition) is 1. The van der Waals surface area contributed by atoms with Gasteiger partial charge in [0.05, 0.1) is 34.7 Å². The Hall–Kier alpha value is -5.12.